The Balaban J connectivity index is 1.83. The Hall–Kier alpha value is -0.770. The summed E-state index contributed by atoms with van der Waals surface area (Å²) in [5.74, 6) is 0.723. The van der Waals surface area contributed by atoms with E-state index in [-0.39, 0.29) is 18.7 Å². The van der Waals surface area contributed by atoms with E-state index >= 15 is 0 Å². The number of hydrogen-bond acceptors (Lipinski definition) is 2. The average molecular weight is 240 g/mol. The van der Waals surface area contributed by atoms with Gasteiger partial charge in [0, 0.05) is 12.6 Å². The van der Waals surface area contributed by atoms with E-state index < -0.39 is 0 Å². The third-order valence-corrected chi connectivity index (χ3v) is 4.11. The van der Waals surface area contributed by atoms with Gasteiger partial charge in [0.05, 0.1) is 12.6 Å². The van der Waals surface area contributed by atoms with Gasteiger partial charge in [0.2, 0.25) is 0 Å². The maximum absolute atomic E-state index is 12.1. The Labute approximate surface area is 103 Å². The van der Waals surface area contributed by atoms with Crippen molar-refractivity contribution in [1.29, 1.82) is 0 Å². The number of rotatable bonds is 2. The summed E-state index contributed by atoms with van der Waals surface area (Å²) in [6.07, 6.45) is 6.66. The van der Waals surface area contributed by atoms with Crippen molar-refractivity contribution in [2.24, 2.45) is 5.92 Å². The monoisotopic (exact) mass is 240 g/mol. The highest BCUT2D eigenvalue weighted by atomic mass is 16.3. The van der Waals surface area contributed by atoms with Crippen molar-refractivity contribution in [3.8, 4) is 0 Å². The molecule has 3 unspecified atom stereocenters. The van der Waals surface area contributed by atoms with E-state index in [1.54, 1.807) is 4.90 Å². The summed E-state index contributed by atoms with van der Waals surface area (Å²) in [6, 6.07) is 0.405. The number of amides is 2. The lowest BCUT2D eigenvalue weighted by molar-refractivity contribution is 0.151. The van der Waals surface area contributed by atoms with Crippen molar-refractivity contribution < 1.29 is 9.90 Å². The molecule has 2 amide bonds. The van der Waals surface area contributed by atoms with Crippen molar-refractivity contribution in [3.63, 3.8) is 0 Å². The molecule has 2 fully saturated rings. The second-order valence-corrected chi connectivity index (χ2v) is 5.59. The zero-order valence-corrected chi connectivity index (χ0v) is 10.7. The fourth-order valence-corrected chi connectivity index (χ4v) is 3.12. The number of hydrogen-bond donors (Lipinski definition) is 2. The molecule has 0 aromatic carbocycles. The van der Waals surface area contributed by atoms with E-state index in [4.69, 9.17) is 0 Å². The number of carbonyl (C=O) groups excluding carboxylic acids is 1. The first-order valence-corrected chi connectivity index (χ1v) is 6.88. The van der Waals surface area contributed by atoms with Gasteiger partial charge >= 0.3 is 6.03 Å². The van der Waals surface area contributed by atoms with Crippen LogP contribution in [-0.4, -0.2) is 41.3 Å². The summed E-state index contributed by atoms with van der Waals surface area (Å²) in [5, 5.41) is 12.3. The van der Waals surface area contributed by atoms with Gasteiger partial charge in [-0.2, -0.15) is 0 Å². The quantitative estimate of drug-likeness (QED) is 0.772. The molecule has 0 aromatic heterocycles. The minimum Gasteiger partial charge on any atom is -0.394 e. The molecule has 4 heteroatoms. The highest BCUT2D eigenvalue weighted by molar-refractivity contribution is 5.75. The summed E-state index contributed by atoms with van der Waals surface area (Å²) in [4.78, 5) is 13.9. The Morgan fingerprint density at radius 2 is 2.18 bits per heavy atom. The van der Waals surface area contributed by atoms with Crippen LogP contribution in [0.4, 0.5) is 4.79 Å². The third kappa shape index (κ3) is 3.12. The predicted octanol–water partition coefficient (Wildman–Crippen LogP) is 1.73. The molecule has 4 nitrogen and oxygen atoms in total. The largest absolute Gasteiger partial charge is 0.394 e. The maximum Gasteiger partial charge on any atom is 0.317 e. The van der Waals surface area contributed by atoms with Crippen LogP contribution in [0.5, 0.6) is 0 Å². The van der Waals surface area contributed by atoms with Crippen molar-refractivity contribution in [2.75, 3.05) is 13.2 Å². The highest BCUT2D eigenvalue weighted by Gasteiger charge is 2.30. The van der Waals surface area contributed by atoms with Crippen molar-refractivity contribution >= 4 is 6.03 Å². The van der Waals surface area contributed by atoms with Gasteiger partial charge in [-0.3, -0.25) is 0 Å². The molecule has 3 atom stereocenters. The third-order valence-electron chi connectivity index (χ3n) is 4.11. The van der Waals surface area contributed by atoms with E-state index in [0.717, 1.165) is 38.1 Å². The van der Waals surface area contributed by atoms with Crippen LogP contribution in [0.15, 0.2) is 0 Å². The number of nitrogens with zero attached hydrogens (tertiary/aromatic N) is 1. The van der Waals surface area contributed by atoms with Gasteiger partial charge in [0.1, 0.15) is 0 Å². The van der Waals surface area contributed by atoms with E-state index in [2.05, 4.69) is 12.2 Å². The molecular weight excluding hydrogens is 216 g/mol. The number of urea groups is 1. The van der Waals surface area contributed by atoms with Crippen LogP contribution in [0.2, 0.25) is 0 Å². The Morgan fingerprint density at radius 3 is 2.88 bits per heavy atom. The molecule has 1 saturated heterocycles. The first-order chi connectivity index (χ1) is 8.20. The normalized spacial score (nSPS) is 33.8. The van der Waals surface area contributed by atoms with Gasteiger partial charge in [-0.15, -0.1) is 0 Å². The Kier molecular flexibility index (Phi) is 4.26. The second kappa shape index (κ2) is 5.71. The Bertz CT molecular complexity index is 270. The lowest BCUT2D eigenvalue weighted by Gasteiger charge is -2.31. The summed E-state index contributed by atoms with van der Waals surface area (Å²) < 4.78 is 0. The molecule has 1 saturated carbocycles. The minimum absolute atomic E-state index is 0.0284. The van der Waals surface area contributed by atoms with Gasteiger partial charge in [-0.1, -0.05) is 19.8 Å². The number of aliphatic hydroxyl groups is 1. The molecule has 2 N–H and O–H groups in total. The topological polar surface area (TPSA) is 52.6 Å². The van der Waals surface area contributed by atoms with Gasteiger partial charge in [-0.05, 0) is 31.6 Å². The predicted molar refractivity (Wildman–Crippen MR) is 66.8 cm³/mol. The van der Waals surface area contributed by atoms with Crippen LogP contribution in [0.3, 0.4) is 0 Å². The van der Waals surface area contributed by atoms with Crippen molar-refractivity contribution in [1.82, 2.24) is 10.2 Å². The maximum atomic E-state index is 12.1. The summed E-state index contributed by atoms with van der Waals surface area (Å²) in [6.45, 7) is 3.14. The van der Waals surface area contributed by atoms with Gasteiger partial charge in [-0.25, -0.2) is 4.79 Å². The molecule has 1 aliphatic carbocycles. The van der Waals surface area contributed by atoms with Crippen LogP contribution in [0.1, 0.15) is 45.4 Å². The molecular formula is C13H24N2O2. The van der Waals surface area contributed by atoms with Crippen LogP contribution in [0.25, 0.3) is 0 Å². The molecule has 2 aliphatic rings. The van der Waals surface area contributed by atoms with Crippen molar-refractivity contribution in [2.45, 2.75) is 57.5 Å². The molecule has 1 aliphatic heterocycles. The summed E-state index contributed by atoms with van der Waals surface area (Å²) in [7, 11) is 0. The van der Waals surface area contributed by atoms with Crippen molar-refractivity contribution in [3.05, 3.63) is 0 Å². The molecule has 0 bridgehead atoms. The molecule has 2 rings (SSSR count). The zero-order valence-electron chi connectivity index (χ0n) is 10.7. The fourth-order valence-electron chi connectivity index (χ4n) is 3.12. The summed E-state index contributed by atoms with van der Waals surface area (Å²) >= 11 is 0. The lowest BCUT2D eigenvalue weighted by atomic mass is 9.87. The van der Waals surface area contributed by atoms with E-state index in [1.807, 2.05) is 0 Å². The van der Waals surface area contributed by atoms with Crippen LogP contribution in [0, 0.1) is 5.92 Å². The minimum atomic E-state index is 0.0284. The molecule has 1 heterocycles. The van der Waals surface area contributed by atoms with E-state index in [0.29, 0.717) is 6.04 Å². The van der Waals surface area contributed by atoms with Gasteiger partial charge in [0.15, 0.2) is 0 Å². The number of nitrogens with one attached hydrogen (secondary N) is 1. The number of aliphatic hydroxyl groups excluding tert-OH is 1. The van der Waals surface area contributed by atoms with Crippen LogP contribution in [-0.2, 0) is 0 Å². The Morgan fingerprint density at radius 1 is 1.35 bits per heavy atom. The smallest absolute Gasteiger partial charge is 0.317 e. The second-order valence-electron chi connectivity index (χ2n) is 5.59. The first-order valence-electron chi connectivity index (χ1n) is 6.88. The van der Waals surface area contributed by atoms with E-state index in [9.17, 15) is 9.90 Å². The van der Waals surface area contributed by atoms with Gasteiger partial charge < -0.3 is 15.3 Å². The lowest BCUT2D eigenvalue weighted by Crippen LogP contribution is -2.48. The fraction of sp³-hybridized carbons (Fsp3) is 0.923. The first kappa shape index (κ1) is 12.7. The zero-order chi connectivity index (χ0) is 12.3. The number of carbonyl (C=O) groups is 1. The average Bonchev–Trinajstić information content (AvgIpc) is 2.77. The van der Waals surface area contributed by atoms with Crippen LogP contribution < -0.4 is 5.32 Å². The van der Waals surface area contributed by atoms with E-state index in [1.165, 1.54) is 12.8 Å². The van der Waals surface area contributed by atoms with Gasteiger partial charge in [0.25, 0.3) is 0 Å². The van der Waals surface area contributed by atoms with Crippen LogP contribution >= 0.6 is 0 Å². The molecule has 17 heavy (non-hydrogen) atoms. The summed E-state index contributed by atoms with van der Waals surface area (Å²) in [5.41, 5.74) is 0. The molecule has 0 radical (unpaired) electrons. The SMILES string of the molecule is CC1CCCC(NC(=O)N2CCCC2CO)C1. The number of likely N-dealkylation sites (tertiary alicyclic amines) is 1. The highest BCUT2D eigenvalue weighted by Crippen LogP contribution is 2.24. The molecule has 0 spiro atoms. The standard InChI is InChI=1S/C13H24N2O2/c1-10-4-2-5-11(8-10)14-13(17)15-7-3-6-12(15)9-16/h10-12,16H,2-9H2,1H3,(H,14,17). The molecule has 0 aromatic rings. The molecule has 98 valence electrons.